The number of hydrogen-bond donors (Lipinski definition) is 2. The number of piperidine rings is 1. The van der Waals surface area contributed by atoms with Gasteiger partial charge in [-0.05, 0) is 55.7 Å². The number of carbonyl (C=O) groups excluding carboxylic acids is 1. The molecule has 1 aromatic carbocycles. The van der Waals surface area contributed by atoms with Crippen LogP contribution in [-0.2, 0) is 4.79 Å². The Morgan fingerprint density at radius 3 is 2.56 bits per heavy atom. The van der Waals surface area contributed by atoms with Crippen molar-refractivity contribution in [3.63, 3.8) is 0 Å². The lowest BCUT2D eigenvalue weighted by molar-refractivity contribution is -0.111. The minimum absolute atomic E-state index is 0.0386. The third-order valence-corrected chi connectivity index (χ3v) is 5.54. The number of hydrogen-bond acceptors (Lipinski definition) is 3. The minimum Gasteiger partial charge on any atom is -0.396 e. The molecule has 2 N–H and O–H groups in total. The molecule has 0 atom stereocenters. The largest absolute Gasteiger partial charge is 0.396 e. The van der Waals surface area contributed by atoms with Crippen molar-refractivity contribution in [1.82, 2.24) is 0 Å². The van der Waals surface area contributed by atoms with Crippen molar-refractivity contribution in [2.24, 2.45) is 11.8 Å². The SMILES string of the molecule is O=C(/C=C/C1CCCCC1)Nc1ccccc1N1CCC(CO)CC1. The van der Waals surface area contributed by atoms with E-state index in [1.807, 2.05) is 18.2 Å². The first kappa shape index (κ1) is 18.0. The summed E-state index contributed by atoms with van der Waals surface area (Å²) in [5.41, 5.74) is 1.96. The van der Waals surface area contributed by atoms with Crippen LogP contribution in [0.4, 0.5) is 11.4 Å². The summed E-state index contributed by atoms with van der Waals surface area (Å²) in [6.07, 6.45) is 12.1. The highest BCUT2D eigenvalue weighted by Crippen LogP contribution is 2.30. The molecule has 4 nitrogen and oxygen atoms in total. The Balaban J connectivity index is 1.60. The lowest BCUT2D eigenvalue weighted by Gasteiger charge is -2.34. The highest BCUT2D eigenvalue weighted by molar-refractivity contribution is 6.01. The second-order valence-electron chi connectivity index (χ2n) is 7.38. The van der Waals surface area contributed by atoms with Gasteiger partial charge < -0.3 is 15.3 Å². The van der Waals surface area contributed by atoms with Gasteiger partial charge in [0.05, 0.1) is 11.4 Å². The summed E-state index contributed by atoms with van der Waals surface area (Å²) in [4.78, 5) is 14.7. The van der Waals surface area contributed by atoms with Gasteiger partial charge in [-0.2, -0.15) is 0 Å². The Morgan fingerprint density at radius 1 is 1.12 bits per heavy atom. The number of benzene rings is 1. The number of nitrogens with one attached hydrogen (secondary N) is 1. The maximum atomic E-state index is 12.3. The first-order valence-corrected chi connectivity index (χ1v) is 9.70. The number of allylic oxidation sites excluding steroid dienone is 1. The average molecular weight is 342 g/mol. The lowest BCUT2D eigenvalue weighted by atomic mass is 9.89. The van der Waals surface area contributed by atoms with Crippen LogP contribution >= 0.6 is 0 Å². The minimum atomic E-state index is -0.0386. The second-order valence-corrected chi connectivity index (χ2v) is 7.38. The summed E-state index contributed by atoms with van der Waals surface area (Å²) in [5, 5.41) is 12.4. The molecule has 1 heterocycles. The molecule has 2 aliphatic rings. The van der Waals surface area contributed by atoms with Crippen molar-refractivity contribution in [3.05, 3.63) is 36.4 Å². The van der Waals surface area contributed by atoms with Crippen LogP contribution in [-0.4, -0.2) is 30.7 Å². The summed E-state index contributed by atoms with van der Waals surface area (Å²) in [6, 6.07) is 8.02. The molecule has 136 valence electrons. The molecule has 1 aliphatic heterocycles. The van der Waals surface area contributed by atoms with Gasteiger partial charge in [0.25, 0.3) is 0 Å². The summed E-state index contributed by atoms with van der Waals surface area (Å²) >= 11 is 0. The van der Waals surface area contributed by atoms with Gasteiger partial charge in [-0.1, -0.05) is 37.5 Å². The number of rotatable bonds is 5. The number of aliphatic hydroxyl groups excluding tert-OH is 1. The van der Waals surface area contributed by atoms with Crippen molar-refractivity contribution in [2.75, 3.05) is 29.9 Å². The van der Waals surface area contributed by atoms with Crippen molar-refractivity contribution >= 4 is 17.3 Å². The van der Waals surface area contributed by atoms with Crippen molar-refractivity contribution in [1.29, 1.82) is 0 Å². The van der Waals surface area contributed by atoms with E-state index in [2.05, 4.69) is 22.4 Å². The number of nitrogens with zero attached hydrogens (tertiary/aromatic N) is 1. The van der Waals surface area contributed by atoms with E-state index in [1.165, 1.54) is 32.1 Å². The molecule has 3 rings (SSSR count). The molecule has 25 heavy (non-hydrogen) atoms. The third kappa shape index (κ3) is 5.08. The summed E-state index contributed by atoms with van der Waals surface area (Å²) < 4.78 is 0. The van der Waals surface area contributed by atoms with Crippen LogP contribution in [0, 0.1) is 11.8 Å². The summed E-state index contributed by atoms with van der Waals surface area (Å²) in [6.45, 7) is 2.13. The summed E-state index contributed by atoms with van der Waals surface area (Å²) in [5.74, 6) is 0.937. The quantitative estimate of drug-likeness (QED) is 0.796. The highest BCUT2D eigenvalue weighted by atomic mass is 16.3. The van der Waals surface area contributed by atoms with E-state index in [0.29, 0.717) is 11.8 Å². The molecular formula is C21H30N2O2. The predicted molar refractivity (Wildman–Crippen MR) is 103 cm³/mol. The standard InChI is InChI=1S/C21H30N2O2/c24-16-18-12-14-23(15-13-18)20-9-5-4-8-19(20)22-21(25)11-10-17-6-2-1-3-7-17/h4-5,8-11,17-18,24H,1-3,6-7,12-16H2,(H,22,25)/b11-10+. The van der Waals surface area contributed by atoms with Gasteiger partial charge in [-0.15, -0.1) is 0 Å². The van der Waals surface area contributed by atoms with Gasteiger partial charge in [0.15, 0.2) is 0 Å². The van der Waals surface area contributed by atoms with E-state index in [4.69, 9.17) is 0 Å². The van der Waals surface area contributed by atoms with Crippen molar-refractivity contribution < 1.29 is 9.90 Å². The number of amides is 1. The molecule has 1 aromatic rings. The normalized spacial score (nSPS) is 20.1. The van der Waals surface area contributed by atoms with E-state index < -0.39 is 0 Å². The molecular weight excluding hydrogens is 312 g/mol. The highest BCUT2D eigenvalue weighted by Gasteiger charge is 2.20. The molecule has 4 heteroatoms. The van der Waals surface area contributed by atoms with E-state index in [-0.39, 0.29) is 12.5 Å². The Labute approximate surface area is 150 Å². The van der Waals surface area contributed by atoms with Crippen LogP contribution in [0.5, 0.6) is 0 Å². The van der Waals surface area contributed by atoms with Gasteiger partial charge >= 0.3 is 0 Å². The molecule has 0 bridgehead atoms. The topological polar surface area (TPSA) is 52.6 Å². The zero-order valence-corrected chi connectivity index (χ0v) is 15.0. The number of aliphatic hydroxyl groups is 1. The maximum Gasteiger partial charge on any atom is 0.248 e. The molecule has 1 aliphatic carbocycles. The van der Waals surface area contributed by atoms with E-state index in [0.717, 1.165) is 37.3 Å². The van der Waals surface area contributed by atoms with Gasteiger partial charge in [0.2, 0.25) is 5.91 Å². The average Bonchev–Trinajstić information content (AvgIpc) is 2.68. The monoisotopic (exact) mass is 342 g/mol. The van der Waals surface area contributed by atoms with Crippen LogP contribution in [0.15, 0.2) is 36.4 Å². The molecule has 0 spiro atoms. The summed E-state index contributed by atoms with van der Waals surface area (Å²) in [7, 11) is 0. The second kappa shape index (κ2) is 9.04. The molecule has 0 unspecified atom stereocenters. The first-order valence-electron chi connectivity index (χ1n) is 9.70. The van der Waals surface area contributed by atoms with Crippen LogP contribution in [0.3, 0.4) is 0 Å². The molecule has 1 saturated heterocycles. The zero-order chi connectivity index (χ0) is 17.5. The molecule has 1 amide bonds. The Kier molecular flexibility index (Phi) is 6.51. The Morgan fingerprint density at radius 2 is 1.84 bits per heavy atom. The fourth-order valence-corrected chi connectivity index (χ4v) is 3.94. The van der Waals surface area contributed by atoms with Crippen LogP contribution in [0.2, 0.25) is 0 Å². The van der Waals surface area contributed by atoms with Crippen molar-refractivity contribution in [2.45, 2.75) is 44.9 Å². The fraction of sp³-hybridized carbons (Fsp3) is 0.571. The van der Waals surface area contributed by atoms with Gasteiger partial charge in [-0.3, -0.25) is 4.79 Å². The van der Waals surface area contributed by atoms with E-state index >= 15 is 0 Å². The van der Waals surface area contributed by atoms with Crippen LogP contribution in [0.1, 0.15) is 44.9 Å². The Bertz CT molecular complexity index is 585. The molecule has 0 aromatic heterocycles. The molecule has 1 saturated carbocycles. The number of para-hydroxylation sites is 2. The maximum absolute atomic E-state index is 12.3. The molecule has 2 fully saturated rings. The number of anilines is 2. The van der Waals surface area contributed by atoms with Gasteiger partial charge in [0, 0.05) is 19.7 Å². The van der Waals surface area contributed by atoms with E-state index in [1.54, 1.807) is 6.08 Å². The van der Waals surface area contributed by atoms with Gasteiger partial charge in [-0.25, -0.2) is 0 Å². The van der Waals surface area contributed by atoms with Gasteiger partial charge in [0.1, 0.15) is 0 Å². The smallest absolute Gasteiger partial charge is 0.248 e. The lowest BCUT2D eigenvalue weighted by Crippen LogP contribution is -2.35. The Hall–Kier alpha value is -1.81. The van der Waals surface area contributed by atoms with Crippen LogP contribution < -0.4 is 10.2 Å². The fourth-order valence-electron chi connectivity index (χ4n) is 3.94. The predicted octanol–water partition coefficient (Wildman–Crippen LogP) is 3.97. The van der Waals surface area contributed by atoms with E-state index in [9.17, 15) is 9.90 Å². The first-order chi connectivity index (χ1) is 12.3. The third-order valence-electron chi connectivity index (χ3n) is 5.54. The number of carbonyl (C=O) groups is 1. The molecule has 0 radical (unpaired) electrons. The zero-order valence-electron chi connectivity index (χ0n) is 15.0. The van der Waals surface area contributed by atoms with Crippen LogP contribution in [0.25, 0.3) is 0 Å². The van der Waals surface area contributed by atoms with Crippen molar-refractivity contribution in [3.8, 4) is 0 Å².